The summed E-state index contributed by atoms with van der Waals surface area (Å²) in [6.45, 7) is 1.94. The Morgan fingerprint density at radius 2 is 1.58 bits per heavy atom. The Balaban J connectivity index is 1.31. The van der Waals surface area contributed by atoms with Crippen molar-refractivity contribution < 1.29 is 23.9 Å². The Kier molecular flexibility index (Phi) is 12.2. The third-order valence-corrected chi connectivity index (χ3v) is 10.5. The van der Waals surface area contributed by atoms with Crippen LogP contribution in [0.5, 0.6) is 0 Å². The van der Waals surface area contributed by atoms with E-state index in [0.717, 1.165) is 59.4 Å². The van der Waals surface area contributed by atoms with E-state index in [2.05, 4.69) is 16.0 Å². The number of methoxy groups -OCH3 is 1. The molecule has 8 nitrogen and oxygen atoms in total. The van der Waals surface area contributed by atoms with Crippen LogP contribution in [0.3, 0.4) is 0 Å². The Labute approximate surface area is 289 Å². The topological polar surface area (TPSA) is 114 Å². The number of anilines is 2. The number of esters is 1. The van der Waals surface area contributed by atoms with E-state index in [1.807, 2.05) is 49.4 Å². The number of thioether (sulfide) groups is 1. The van der Waals surface area contributed by atoms with Crippen LogP contribution in [0.1, 0.15) is 75.7 Å². The fraction of sp³-hybridized carbons (Fsp3) is 0.263. The fourth-order valence-corrected chi connectivity index (χ4v) is 7.80. The molecule has 0 radical (unpaired) electrons. The van der Waals surface area contributed by atoms with Crippen LogP contribution >= 0.6 is 23.1 Å². The number of amides is 3. The van der Waals surface area contributed by atoms with Gasteiger partial charge in [-0.2, -0.15) is 0 Å². The van der Waals surface area contributed by atoms with Crippen molar-refractivity contribution in [2.45, 2.75) is 62.0 Å². The van der Waals surface area contributed by atoms with E-state index in [0.29, 0.717) is 28.2 Å². The molecule has 0 bridgehead atoms. The van der Waals surface area contributed by atoms with E-state index in [9.17, 15) is 19.2 Å². The minimum absolute atomic E-state index is 0.0883. The summed E-state index contributed by atoms with van der Waals surface area (Å²) in [6, 6.07) is 25.2. The number of hydrogen-bond donors (Lipinski definition) is 3. The summed E-state index contributed by atoms with van der Waals surface area (Å²) in [5.74, 6) is -1.51. The maximum Gasteiger partial charge on any atom is 0.341 e. The van der Waals surface area contributed by atoms with Gasteiger partial charge in [-0.1, -0.05) is 74.4 Å². The van der Waals surface area contributed by atoms with E-state index < -0.39 is 23.0 Å². The SMILES string of the molecule is CCC(Sc1cccc(NC(=O)/C(=C/c2ccccc2)NC(=O)c2ccccc2)c1)C(=O)Nc1sc2c(c1C(=O)OC)CCCCCC2. The largest absolute Gasteiger partial charge is 0.465 e. The second-order valence-electron chi connectivity index (χ2n) is 11.4. The summed E-state index contributed by atoms with van der Waals surface area (Å²) in [6.07, 6.45) is 8.21. The molecule has 3 N–H and O–H groups in total. The second kappa shape index (κ2) is 16.9. The third-order valence-electron chi connectivity index (χ3n) is 7.97. The summed E-state index contributed by atoms with van der Waals surface area (Å²) in [5.41, 5.74) is 3.27. The Bertz CT molecular complexity index is 1790. The number of carbonyl (C=O) groups is 4. The lowest BCUT2D eigenvalue weighted by molar-refractivity contribution is -0.116. The molecule has 4 aromatic rings. The first-order valence-electron chi connectivity index (χ1n) is 16.1. The summed E-state index contributed by atoms with van der Waals surface area (Å²) < 4.78 is 5.13. The molecule has 1 atom stereocenters. The molecule has 0 fully saturated rings. The molecule has 3 aromatic carbocycles. The Morgan fingerprint density at radius 1 is 0.875 bits per heavy atom. The van der Waals surface area contributed by atoms with Crippen molar-refractivity contribution in [3.05, 3.63) is 118 Å². The molecule has 1 aliphatic carbocycles. The van der Waals surface area contributed by atoms with Crippen molar-refractivity contribution in [2.75, 3.05) is 17.7 Å². The molecule has 0 aliphatic heterocycles. The molecule has 1 aromatic heterocycles. The van der Waals surface area contributed by atoms with E-state index in [-0.39, 0.29) is 11.6 Å². The van der Waals surface area contributed by atoms with Gasteiger partial charge in [-0.3, -0.25) is 14.4 Å². The van der Waals surface area contributed by atoms with Crippen LogP contribution in [0.4, 0.5) is 10.7 Å². The zero-order valence-corrected chi connectivity index (χ0v) is 28.7. The Morgan fingerprint density at radius 3 is 2.29 bits per heavy atom. The van der Waals surface area contributed by atoms with Crippen LogP contribution in [0.2, 0.25) is 0 Å². The molecule has 48 heavy (non-hydrogen) atoms. The standard InChI is InChI=1S/C38H39N3O5S2/c1-3-31(36(44)41-37-33(38(45)46-2)29-21-12-4-5-13-22-32(29)48-37)47-28-20-14-19-27(24-28)39-35(43)30(23-25-15-8-6-9-16-25)40-34(42)26-17-10-7-11-18-26/h6-11,14-20,23-24,31H,3-5,12-13,21-22H2,1-2H3,(H,39,43)(H,40,42)(H,41,44)/b30-23-. The van der Waals surface area contributed by atoms with Gasteiger partial charge < -0.3 is 20.7 Å². The van der Waals surface area contributed by atoms with Crippen molar-refractivity contribution in [3.63, 3.8) is 0 Å². The summed E-state index contributed by atoms with van der Waals surface area (Å²) in [5, 5.41) is 8.80. The van der Waals surface area contributed by atoms with Gasteiger partial charge in [-0.15, -0.1) is 23.1 Å². The molecule has 1 heterocycles. The molecule has 1 unspecified atom stereocenters. The molecule has 1 aliphatic rings. The van der Waals surface area contributed by atoms with Crippen molar-refractivity contribution in [1.29, 1.82) is 0 Å². The maximum absolute atomic E-state index is 13.6. The highest BCUT2D eigenvalue weighted by atomic mass is 32.2. The molecule has 0 spiro atoms. The number of benzene rings is 3. The van der Waals surface area contributed by atoms with Crippen molar-refractivity contribution >= 4 is 63.6 Å². The van der Waals surface area contributed by atoms with Crippen molar-refractivity contribution in [1.82, 2.24) is 5.32 Å². The van der Waals surface area contributed by atoms with Crippen molar-refractivity contribution in [2.24, 2.45) is 0 Å². The molecule has 3 amide bonds. The number of aryl methyl sites for hydroxylation is 1. The van der Waals surface area contributed by atoms with Crippen LogP contribution in [0, 0.1) is 0 Å². The highest BCUT2D eigenvalue weighted by Crippen LogP contribution is 2.38. The number of thiophene rings is 1. The molecule has 5 rings (SSSR count). The van der Waals surface area contributed by atoms with Gasteiger partial charge in [0.15, 0.2) is 0 Å². The van der Waals surface area contributed by atoms with E-state index in [4.69, 9.17) is 4.74 Å². The summed E-state index contributed by atoms with van der Waals surface area (Å²) >= 11 is 2.86. The van der Waals surface area contributed by atoms with Crippen LogP contribution in [-0.2, 0) is 27.2 Å². The zero-order valence-electron chi connectivity index (χ0n) is 27.0. The predicted octanol–water partition coefficient (Wildman–Crippen LogP) is 8.11. The lowest BCUT2D eigenvalue weighted by atomic mass is 9.96. The molecule has 10 heteroatoms. The van der Waals surface area contributed by atoms with Gasteiger partial charge in [0.2, 0.25) is 5.91 Å². The quantitative estimate of drug-likeness (QED) is 0.0838. The minimum atomic E-state index is -0.487. The van der Waals surface area contributed by atoms with Gasteiger partial charge >= 0.3 is 5.97 Å². The molecule has 248 valence electrons. The predicted molar refractivity (Wildman–Crippen MR) is 193 cm³/mol. The average Bonchev–Trinajstić information content (AvgIpc) is 3.42. The third kappa shape index (κ3) is 9.02. The van der Waals surface area contributed by atoms with Gasteiger partial charge in [-0.25, -0.2) is 4.79 Å². The molecule has 0 saturated carbocycles. The Hall–Kier alpha value is -4.67. The first kappa shape index (κ1) is 34.7. The maximum atomic E-state index is 13.6. The average molecular weight is 682 g/mol. The highest BCUT2D eigenvalue weighted by Gasteiger charge is 2.28. The molecular formula is C38H39N3O5S2. The van der Waals surface area contributed by atoms with Gasteiger partial charge in [0, 0.05) is 21.0 Å². The number of carbonyl (C=O) groups excluding carboxylic acids is 4. The number of fused-ring (bicyclic) bond motifs is 1. The van der Waals surface area contributed by atoms with Gasteiger partial charge in [-0.05, 0) is 79.6 Å². The lowest BCUT2D eigenvalue weighted by Gasteiger charge is -2.16. The fourth-order valence-electron chi connectivity index (χ4n) is 5.51. The van der Waals surface area contributed by atoms with Crippen LogP contribution in [-0.4, -0.2) is 36.1 Å². The number of hydrogen-bond acceptors (Lipinski definition) is 7. The molecule has 0 saturated heterocycles. The first-order valence-corrected chi connectivity index (χ1v) is 17.8. The lowest BCUT2D eigenvalue weighted by Crippen LogP contribution is -2.30. The normalized spacial score (nSPS) is 13.7. The van der Waals surface area contributed by atoms with E-state index in [1.54, 1.807) is 48.5 Å². The number of rotatable bonds is 11. The van der Waals surface area contributed by atoms with Crippen LogP contribution < -0.4 is 16.0 Å². The summed E-state index contributed by atoms with van der Waals surface area (Å²) in [7, 11) is 1.37. The van der Waals surface area contributed by atoms with E-state index in [1.165, 1.54) is 30.2 Å². The van der Waals surface area contributed by atoms with Crippen molar-refractivity contribution in [3.8, 4) is 0 Å². The van der Waals surface area contributed by atoms with E-state index >= 15 is 0 Å². The monoisotopic (exact) mass is 681 g/mol. The van der Waals surface area contributed by atoms with Crippen LogP contribution in [0.25, 0.3) is 6.08 Å². The summed E-state index contributed by atoms with van der Waals surface area (Å²) in [4.78, 5) is 54.9. The highest BCUT2D eigenvalue weighted by molar-refractivity contribution is 8.00. The minimum Gasteiger partial charge on any atom is -0.465 e. The second-order valence-corrected chi connectivity index (χ2v) is 13.8. The number of nitrogens with one attached hydrogen (secondary N) is 3. The molecular weight excluding hydrogens is 643 g/mol. The zero-order chi connectivity index (χ0) is 33.9. The number of ether oxygens (including phenoxy) is 1. The van der Waals surface area contributed by atoms with Gasteiger partial charge in [0.1, 0.15) is 10.7 Å². The van der Waals surface area contributed by atoms with Crippen LogP contribution in [0.15, 0.2) is 95.5 Å². The smallest absolute Gasteiger partial charge is 0.341 e. The first-order chi connectivity index (χ1) is 23.4. The van der Waals surface area contributed by atoms with Gasteiger partial charge in [0.25, 0.3) is 11.8 Å². The van der Waals surface area contributed by atoms with Gasteiger partial charge in [0.05, 0.1) is 17.9 Å².